The molecule has 14 nitrogen and oxygen atoms in total. The molecule has 0 aliphatic carbocycles. The van der Waals surface area contributed by atoms with Gasteiger partial charge < -0.3 is 48.1 Å². The standard InChI is InChI=1S/C29H26O8.C23H20O6/c1-34-27-14-19(4-9-24(27)32)2-7-22(30)17-23(31)8-3-20-5-10-25(33)28(15-20)35-13-12-21-6-11-26-29(16-21)37-18-36-26;24-18(5-1-3-16-7-9-20-22(11-16)28-14-26-20)13-19(25)6-2-4-17-8-10-21-23(12-17)29-15-27-21/h2-11,14-16,32-33H,12-13,17-18H2,1H3;1-2,5-12H,3-4,13-15H2. The number of ether oxygens (including phenoxy) is 8. The van der Waals surface area contributed by atoms with E-state index in [1.165, 1.54) is 43.5 Å². The normalized spacial score (nSPS) is 13.0. The number of carbonyl (C=O) groups excluding carboxylic acids is 4. The largest absolute Gasteiger partial charge is 0.504 e. The SMILES string of the molecule is COc1cc(C=CC(=O)CC(=O)C=Cc2ccc(O)c(OCCc3ccc4c(c3)OCO4)c2)ccc1O.O=C(C=CCc1ccc2c(c1)OCO2)CC(=O)C=CCc1ccc2c(c1)OCO2. The van der Waals surface area contributed by atoms with E-state index in [2.05, 4.69) is 0 Å². The van der Waals surface area contributed by atoms with Crippen molar-refractivity contribution in [2.45, 2.75) is 32.1 Å². The van der Waals surface area contributed by atoms with Gasteiger partial charge in [-0.1, -0.05) is 54.6 Å². The molecule has 3 aliphatic heterocycles. The minimum absolute atomic E-state index is 0.00113. The third-order valence-electron chi connectivity index (χ3n) is 10.1. The Hall–Kier alpha value is -8.26. The molecule has 0 radical (unpaired) electrons. The van der Waals surface area contributed by atoms with E-state index in [-0.39, 0.29) is 67.9 Å². The van der Waals surface area contributed by atoms with Crippen LogP contribution in [0, 0.1) is 0 Å². The highest BCUT2D eigenvalue weighted by atomic mass is 16.7. The Balaban J connectivity index is 0.000000202. The van der Waals surface area contributed by atoms with Gasteiger partial charge in [0, 0.05) is 6.42 Å². The molecule has 0 atom stereocenters. The van der Waals surface area contributed by atoms with E-state index < -0.39 is 0 Å². The molecule has 0 fully saturated rings. The summed E-state index contributed by atoms with van der Waals surface area (Å²) >= 11 is 0. The van der Waals surface area contributed by atoms with Crippen molar-refractivity contribution in [3.05, 3.63) is 155 Å². The molecule has 0 unspecified atom stereocenters. The first-order valence-corrected chi connectivity index (χ1v) is 20.9. The summed E-state index contributed by atoms with van der Waals surface area (Å²) < 4.78 is 42.7. The molecule has 5 aromatic carbocycles. The minimum atomic E-state index is -0.365. The van der Waals surface area contributed by atoms with Crippen molar-refractivity contribution in [1.29, 1.82) is 0 Å². The monoisotopic (exact) mass is 894 g/mol. The van der Waals surface area contributed by atoms with E-state index in [4.69, 9.17) is 37.9 Å². The van der Waals surface area contributed by atoms with Crippen LogP contribution >= 0.6 is 0 Å². The van der Waals surface area contributed by atoms with Crippen LogP contribution in [0.4, 0.5) is 0 Å². The van der Waals surface area contributed by atoms with Crippen molar-refractivity contribution in [2.75, 3.05) is 34.1 Å². The second kappa shape index (κ2) is 22.4. The van der Waals surface area contributed by atoms with Crippen LogP contribution in [0.5, 0.6) is 57.5 Å². The second-order valence-electron chi connectivity index (χ2n) is 14.9. The molecule has 0 amide bonds. The summed E-state index contributed by atoms with van der Waals surface area (Å²) in [6.45, 7) is 1.01. The van der Waals surface area contributed by atoms with E-state index in [0.29, 0.717) is 71.5 Å². The molecule has 0 saturated carbocycles. The highest BCUT2D eigenvalue weighted by Gasteiger charge is 2.16. The Morgan fingerprint density at radius 2 is 0.909 bits per heavy atom. The third kappa shape index (κ3) is 13.1. The predicted molar refractivity (Wildman–Crippen MR) is 243 cm³/mol. The number of benzene rings is 5. The fourth-order valence-electron chi connectivity index (χ4n) is 6.67. The van der Waals surface area contributed by atoms with E-state index in [1.807, 2.05) is 54.6 Å². The zero-order valence-electron chi connectivity index (χ0n) is 35.9. The van der Waals surface area contributed by atoms with Crippen molar-refractivity contribution < 1.29 is 67.3 Å². The fourth-order valence-corrected chi connectivity index (χ4v) is 6.67. The number of phenolic OH excluding ortho intramolecular Hbond substituents is 2. The summed E-state index contributed by atoms with van der Waals surface area (Å²) in [7, 11) is 1.43. The van der Waals surface area contributed by atoms with Gasteiger partial charge in [0.2, 0.25) is 20.4 Å². The van der Waals surface area contributed by atoms with E-state index in [9.17, 15) is 29.4 Å². The number of methoxy groups -OCH3 is 1. The van der Waals surface area contributed by atoms with Crippen LogP contribution in [0.3, 0.4) is 0 Å². The van der Waals surface area contributed by atoms with Crippen LogP contribution in [-0.2, 0) is 38.4 Å². The van der Waals surface area contributed by atoms with Crippen LogP contribution in [0.2, 0.25) is 0 Å². The molecule has 0 aromatic heterocycles. The van der Waals surface area contributed by atoms with Crippen LogP contribution in [-0.4, -0.2) is 67.4 Å². The molecule has 0 bridgehead atoms. The average molecular weight is 895 g/mol. The van der Waals surface area contributed by atoms with Crippen molar-refractivity contribution in [3.63, 3.8) is 0 Å². The molecule has 0 saturated heterocycles. The van der Waals surface area contributed by atoms with Crippen molar-refractivity contribution in [3.8, 4) is 57.5 Å². The van der Waals surface area contributed by atoms with Crippen LogP contribution in [0.1, 0.15) is 40.7 Å². The van der Waals surface area contributed by atoms with Gasteiger partial charge in [0.25, 0.3) is 0 Å². The maximum absolute atomic E-state index is 12.3. The second-order valence-corrected chi connectivity index (χ2v) is 14.9. The minimum Gasteiger partial charge on any atom is -0.504 e. The van der Waals surface area contributed by atoms with Crippen LogP contribution < -0.4 is 37.9 Å². The number of aromatic hydroxyl groups is 2. The lowest BCUT2D eigenvalue weighted by Crippen LogP contribution is -2.02. The Morgan fingerprint density at radius 1 is 0.500 bits per heavy atom. The van der Waals surface area contributed by atoms with Crippen molar-refractivity contribution in [2.24, 2.45) is 0 Å². The first-order chi connectivity index (χ1) is 32.1. The summed E-state index contributed by atoms with van der Waals surface area (Å²) in [5.74, 6) is 3.70. The van der Waals surface area contributed by atoms with Gasteiger partial charge in [0.1, 0.15) is 0 Å². The summed E-state index contributed by atoms with van der Waals surface area (Å²) in [6.07, 6.45) is 13.5. The van der Waals surface area contributed by atoms with E-state index in [1.54, 1.807) is 48.6 Å². The van der Waals surface area contributed by atoms with Gasteiger partial charge in [-0.25, -0.2) is 0 Å². The molecule has 8 rings (SSSR count). The van der Waals surface area contributed by atoms with Crippen LogP contribution in [0.25, 0.3) is 12.2 Å². The lowest BCUT2D eigenvalue weighted by Gasteiger charge is -2.09. The molecule has 3 heterocycles. The number of allylic oxidation sites excluding steroid dienone is 6. The van der Waals surface area contributed by atoms with Gasteiger partial charge in [-0.3, -0.25) is 19.2 Å². The topological polar surface area (TPSA) is 183 Å². The van der Waals surface area contributed by atoms with Crippen molar-refractivity contribution in [1.82, 2.24) is 0 Å². The molecule has 14 heteroatoms. The fraction of sp³-hybridized carbons (Fsp3) is 0.192. The third-order valence-corrected chi connectivity index (χ3v) is 10.1. The van der Waals surface area contributed by atoms with Gasteiger partial charge in [0.05, 0.1) is 26.6 Å². The van der Waals surface area contributed by atoms with Gasteiger partial charge in [0.15, 0.2) is 80.6 Å². The zero-order chi connectivity index (χ0) is 46.3. The Labute approximate surface area is 380 Å². The number of hydrogen-bond donors (Lipinski definition) is 2. The molecule has 0 spiro atoms. The molecule has 66 heavy (non-hydrogen) atoms. The maximum atomic E-state index is 12.3. The summed E-state index contributed by atoms with van der Waals surface area (Å²) in [5, 5.41) is 19.8. The number of carbonyl (C=O) groups is 4. The summed E-state index contributed by atoms with van der Waals surface area (Å²) in [6, 6.07) is 26.4. The Kier molecular flexibility index (Phi) is 15.5. The smallest absolute Gasteiger partial charge is 0.231 e. The molecular formula is C52H46O14. The number of hydrogen-bond acceptors (Lipinski definition) is 14. The molecule has 2 N–H and O–H groups in total. The highest BCUT2D eigenvalue weighted by Crippen LogP contribution is 2.35. The molecule has 338 valence electrons. The quantitative estimate of drug-likeness (QED) is 0.0597. The molecular weight excluding hydrogens is 849 g/mol. The average Bonchev–Trinajstić information content (AvgIpc) is 4.10. The number of phenols is 2. The van der Waals surface area contributed by atoms with E-state index >= 15 is 0 Å². The Morgan fingerprint density at radius 3 is 1.39 bits per heavy atom. The summed E-state index contributed by atoms with van der Waals surface area (Å²) in [5.41, 5.74) is 4.32. The molecule has 3 aliphatic rings. The first-order valence-electron chi connectivity index (χ1n) is 20.9. The lowest BCUT2D eigenvalue weighted by atomic mass is 10.1. The van der Waals surface area contributed by atoms with Gasteiger partial charge in [-0.2, -0.15) is 0 Å². The number of rotatable bonds is 19. The number of ketones is 4. The highest BCUT2D eigenvalue weighted by molar-refractivity contribution is 6.11. The predicted octanol–water partition coefficient (Wildman–Crippen LogP) is 8.28. The van der Waals surface area contributed by atoms with E-state index in [0.717, 1.165) is 28.2 Å². The van der Waals surface area contributed by atoms with Gasteiger partial charge >= 0.3 is 0 Å². The van der Waals surface area contributed by atoms with Gasteiger partial charge in [-0.05, 0) is 126 Å². The van der Waals surface area contributed by atoms with Crippen molar-refractivity contribution >= 4 is 35.3 Å². The first kappa shape index (κ1) is 45.8. The van der Waals surface area contributed by atoms with Crippen LogP contribution in [0.15, 0.2) is 127 Å². The lowest BCUT2D eigenvalue weighted by molar-refractivity contribution is -0.123. The van der Waals surface area contributed by atoms with Gasteiger partial charge in [-0.15, -0.1) is 0 Å². The summed E-state index contributed by atoms with van der Waals surface area (Å²) in [4.78, 5) is 48.4. The molecule has 5 aromatic rings. The zero-order valence-corrected chi connectivity index (χ0v) is 35.9. The maximum Gasteiger partial charge on any atom is 0.231 e. The number of fused-ring (bicyclic) bond motifs is 3. The Bertz CT molecular complexity index is 2630.